The molecule has 0 unspecified atom stereocenters. The molecular formula is C28H21N3O5. The fraction of sp³-hybridized carbons (Fsp3) is 0.179. The molecule has 3 aromatic rings. The second-order valence-corrected chi connectivity index (χ2v) is 9.24. The van der Waals surface area contributed by atoms with Crippen molar-refractivity contribution in [2.45, 2.75) is 12.1 Å². The minimum atomic E-state index is -0.861. The molecule has 0 spiro atoms. The standard InChI is InChI=1S/C28H21N3O5/c32-26(29-17-10-11-20-21(14-17)36-15-35-20)25-23-22(24-19-9-5-4-6-16(19)12-13-30(24)25)27(33)31(28(23)34)18-7-2-1-3-8-18/h1-14,22-25H,15H2,(H,29,32)/t22-,23-,24+,25+/m1/s1. The van der Waals surface area contributed by atoms with Gasteiger partial charge >= 0.3 is 0 Å². The Balaban J connectivity index is 1.30. The third-order valence-electron chi connectivity index (χ3n) is 7.38. The number of para-hydroxylation sites is 1. The Labute approximate surface area is 206 Å². The summed E-state index contributed by atoms with van der Waals surface area (Å²) in [4.78, 5) is 44.5. The molecule has 0 saturated carbocycles. The van der Waals surface area contributed by atoms with Gasteiger partial charge in [-0.05, 0) is 41.5 Å². The topological polar surface area (TPSA) is 88.2 Å². The average molecular weight is 479 g/mol. The predicted octanol–water partition coefficient (Wildman–Crippen LogP) is 3.57. The Morgan fingerprint density at radius 2 is 1.61 bits per heavy atom. The van der Waals surface area contributed by atoms with Crippen LogP contribution in [0.25, 0.3) is 6.08 Å². The molecule has 8 nitrogen and oxygen atoms in total. The molecule has 4 aliphatic rings. The number of ether oxygens (including phenoxy) is 2. The maximum Gasteiger partial charge on any atom is 0.247 e. The van der Waals surface area contributed by atoms with Gasteiger partial charge in [-0.3, -0.25) is 14.4 Å². The Hall–Kier alpha value is -4.59. The molecule has 4 atom stereocenters. The number of nitrogens with zero attached hydrogens (tertiary/aromatic N) is 2. The number of amides is 3. The van der Waals surface area contributed by atoms with E-state index in [1.807, 2.05) is 47.5 Å². The van der Waals surface area contributed by atoms with Crippen LogP contribution in [0.2, 0.25) is 0 Å². The van der Waals surface area contributed by atoms with Crippen molar-refractivity contribution in [3.63, 3.8) is 0 Å². The summed E-state index contributed by atoms with van der Waals surface area (Å²) in [5.41, 5.74) is 2.96. The van der Waals surface area contributed by atoms with E-state index in [-0.39, 0.29) is 24.5 Å². The van der Waals surface area contributed by atoms with Crippen molar-refractivity contribution >= 4 is 35.2 Å². The summed E-state index contributed by atoms with van der Waals surface area (Å²) in [5.74, 6) is -1.35. The van der Waals surface area contributed by atoms with E-state index in [4.69, 9.17) is 9.47 Å². The lowest BCUT2D eigenvalue weighted by Crippen LogP contribution is -2.46. The Bertz CT molecular complexity index is 1450. The van der Waals surface area contributed by atoms with Crippen molar-refractivity contribution in [2.75, 3.05) is 17.0 Å². The van der Waals surface area contributed by atoms with E-state index in [0.717, 1.165) is 11.1 Å². The SMILES string of the molecule is O=C(Nc1ccc2c(c1)OCO2)[C@@H]1[C@@H]2C(=O)N(c3ccccc3)C(=O)[C@H]2[C@@H]2c3ccccc3C=CN12. The van der Waals surface area contributed by atoms with Crippen LogP contribution in [0.3, 0.4) is 0 Å². The van der Waals surface area contributed by atoms with Crippen molar-refractivity contribution in [2.24, 2.45) is 11.8 Å². The van der Waals surface area contributed by atoms with Gasteiger partial charge in [0.1, 0.15) is 6.04 Å². The molecule has 0 bridgehead atoms. The second-order valence-electron chi connectivity index (χ2n) is 9.24. The monoisotopic (exact) mass is 479 g/mol. The van der Waals surface area contributed by atoms with Gasteiger partial charge in [0.05, 0.1) is 23.6 Å². The maximum absolute atomic E-state index is 13.8. The highest BCUT2D eigenvalue weighted by molar-refractivity contribution is 6.24. The summed E-state index contributed by atoms with van der Waals surface area (Å²) < 4.78 is 10.8. The van der Waals surface area contributed by atoms with Crippen LogP contribution >= 0.6 is 0 Å². The zero-order chi connectivity index (χ0) is 24.4. The molecule has 7 rings (SSSR count). The fourth-order valence-electron chi connectivity index (χ4n) is 5.88. The summed E-state index contributed by atoms with van der Waals surface area (Å²) in [6, 6.07) is 20.6. The summed E-state index contributed by atoms with van der Waals surface area (Å²) in [6.07, 6.45) is 3.76. The fourth-order valence-corrected chi connectivity index (χ4v) is 5.88. The normalized spacial score (nSPS) is 25.0. The largest absolute Gasteiger partial charge is 0.454 e. The third kappa shape index (κ3) is 2.90. The zero-order valence-electron chi connectivity index (χ0n) is 19.0. The first-order valence-electron chi connectivity index (χ1n) is 11.8. The Morgan fingerprint density at radius 3 is 2.47 bits per heavy atom. The molecule has 3 aromatic carbocycles. The number of anilines is 2. The molecule has 2 saturated heterocycles. The van der Waals surface area contributed by atoms with Gasteiger partial charge in [0.2, 0.25) is 24.5 Å². The molecule has 36 heavy (non-hydrogen) atoms. The summed E-state index contributed by atoms with van der Waals surface area (Å²) in [7, 11) is 0. The number of hydrogen-bond acceptors (Lipinski definition) is 6. The number of hydrogen-bond donors (Lipinski definition) is 1. The van der Waals surface area contributed by atoms with Crippen molar-refractivity contribution < 1.29 is 23.9 Å². The van der Waals surface area contributed by atoms with Crippen LogP contribution < -0.4 is 19.7 Å². The van der Waals surface area contributed by atoms with Gasteiger partial charge < -0.3 is 19.7 Å². The molecule has 2 fully saturated rings. The van der Waals surface area contributed by atoms with Crippen LogP contribution in [0.4, 0.5) is 11.4 Å². The quantitative estimate of drug-likeness (QED) is 0.578. The van der Waals surface area contributed by atoms with E-state index in [1.165, 1.54) is 4.90 Å². The lowest BCUT2D eigenvalue weighted by Gasteiger charge is -2.35. The Kier molecular flexibility index (Phi) is 4.44. The first kappa shape index (κ1) is 20.8. The van der Waals surface area contributed by atoms with Gasteiger partial charge in [-0.1, -0.05) is 42.5 Å². The molecule has 0 aliphatic carbocycles. The van der Waals surface area contributed by atoms with Gasteiger partial charge in [-0.25, -0.2) is 4.90 Å². The van der Waals surface area contributed by atoms with Crippen LogP contribution in [0, 0.1) is 11.8 Å². The van der Waals surface area contributed by atoms with E-state index in [9.17, 15) is 14.4 Å². The molecule has 8 heteroatoms. The van der Waals surface area contributed by atoms with Crippen molar-refractivity contribution in [1.29, 1.82) is 0 Å². The maximum atomic E-state index is 13.8. The average Bonchev–Trinajstić information content (AvgIpc) is 3.57. The molecule has 3 amide bonds. The number of carbonyl (C=O) groups is 3. The first-order valence-corrected chi connectivity index (χ1v) is 11.8. The third-order valence-corrected chi connectivity index (χ3v) is 7.38. The van der Waals surface area contributed by atoms with Gasteiger partial charge in [0, 0.05) is 18.0 Å². The molecular weight excluding hydrogens is 458 g/mol. The van der Waals surface area contributed by atoms with E-state index in [1.54, 1.807) is 42.5 Å². The summed E-state index contributed by atoms with van der Waals surface area (Å²) in [5, 5.41) is 2.94. The van der Waals surface area contributed by atoms with Crippen LogP contribution in [0.1, 0.15) is 17.2 Å². The number of rotatable bonds is 3. The van der Waals surface area contributed by atoms with Gasteiger partial charge in [0.25, 0.3) is 0 Å². The number of nitrogens with one attached hydrogen (secondary N) is 1. The molecule has 178 valence electrons. The highest BCUT2D eigenvalue weighted by atomic mass is 16.7. The smallest absolute Gasteiger partial charge is 0.247 e. The van der Waals surface area contributed by atoms with E-state index in [2.05, 4.69) is 5.32 Å². The summed E-state index contributed by atoms with van der Waals surface area (Å²) >= 11 is 0. The minimum absolute atomic E-state index is 0.130. The van der Waals surface area contributed by atoms with Gasteiger partial charge in [-0.15, -0.1) is 0 Å². The number of benzene rings is 3. The van der Waals surface area contributed by atoms with Crippen molar-refractivity contribution in [3.8, 4) is 11.5 Å². The van der Waals surface area contributed by atoms with E-state index >= 15 is 0 Å². The number of fused-ring (bicyclic) bond motifs is 6. The zero-order valence-corrected chi connectivity index (χ0v) is 19.0. The predicted molar refractivity (Wildman–Crippen MR) is 131 cm³/mol. The number of imide groups is 1. The lowest BCUT2D eigenvalue weighted by atomic mass is 9.84. The van der Waals surface area contributed by atoms with Crippen LogP contribution in [0.5, 0.6) is 11.5 Å². The van der Waals surface area contributed by atoms with E-state index in [0.29, 0.717) is 22.9 Å². The molecule has 0 aromatic heterocycles. The van der Waals surface area contributed by atoms with Crippen LogP contribution in [-0.4, -0.2) is 35.5 Å². The Morgan fingerprint density at radius 1 is 0.861 bits per heavy atom. The molecule has 4 aliphatic heterocycles. The molecule has 0 radical (unpaired) electrons. The lowest BCUT2D eigenvalue weighted by molar-refractivity contribution is -0.128. The number of carbonyl (C=O) groups excluding carboxylic acids is 3. The van der Waals surface area contributed by atoms with E-state index < -0.39 is 23.9 Å². The second kappa shape index (κ2) is 7.71. The summed E-state index contributed by atoms with van der Waals surface area (Å²) in [6.45, 7) is 0.130. The van der Waals surface area contributed by atoms with Crippen LogP contribution in [0.15, 0.2) is 79.0 Å². The molecule has 4 heterocycles. The van der Waals surface area contributed by atoms with Crippen molar-refractivity contribution in [1.82, 2.24) is 4.90 Å². The first-order chi connectivity index (χ1) is 17.6. The van der Waals surface area contributed by atoms with Crippen LogP contribution in [-0.2, 0) is 14.4 Å². The van der Waals surface area contributed by atoms with Gasteiger partial charge in [-0.2, -0.15) is 0 Å². The minimum Gasteiger partial charge on any atom is -0.454 e. The van der Waals surface area contributed by atoms with Crippen molar-refractivity contribution in [3.05, 3.63) is 90.1 Å². The van der Waals surface area contributed by atoms with Gasteiger partial charge in [0.15, 0.2) is 11.5 Å². The highest BCUT2D eigenvalue weighted by Gasteiger charge is 2.64. The highest BCUT2D eigenvalue weighted by Crippen LogP contribution is 2.53. The molecule has 1 N–H and O–H groups in total.